The van der Waals surface area contributed by atoms with Gasteiger partial charge in [-0.25, -0.2) is 0 Å². The molecule has 6 heteroatoms. The lowest BCUT2D eigenvalue weighted by Crippen LogP contribution is -2.47. The van der Waals surface area contributed by atoms with Gasteiger partial charge in [-0.2, -0.15) is 5.26 Å². The van der Waals surface area contributed by atoms with E-state index in [1.165, 1.54) is 0 Å². The summed E-state index contributed by atoms with van der Waals surface area (Å²) >= 11 is 0. The molecule has 0 spiro atoms. The first kappa shape index (κ1) is 14.3. The molecule has 2 rings (SSSR count). The molecule has 20 heavy (non-hydrogen) atoms. The lowest BCUT2D eigenvalue weighted by molar-refractivity contribution is 0.196. The van der Waals surface area contributed by atoms with Crippen LogP contribution in [0.3, 0.4) is 0 Å². The van der Waals surface area contributed by atoms with Crippen molar-refractivity contribution in [1.82, 2.24) is 20.5 Å². The fourth-order valence-corrected chi connectivity index (χ4v) is 2.36. The predicted octanol–water partition coefficient (Wildman–Crippen LogP) is 0.692. The standard InChI is InChI=1S/C14H20N6/c1-16-14(18-11-15)19-12-5-8-20(9-6-12)10-13-4-2-3-7-17-13/h2-4,7,12H,5-6,8-10H2,1H3,(H2,16,18,19). The molecule has 0 aromatic carbocycles. The van der Waals surface area contributed by atoms with Crippen molar-refractivity contribution in [1.29, 1.82) is 5.26 Å². The fraction of sp³-hybridized carbons (Fsp3) is 0.500. The van der Waals surface area contributed by atoms with Crippen LogP contribution < -0.4 is 10.6 Å². The van der Waals surface area contributed by atoms with Gasteiger partial charge in [-0.1, -0.05) is 6.07 Å². The maximum absolute atomic E-state index is 8.61. The Labute approximate surface area is 119 Å². The SMILES string of the molecule is CN=C(NC#N)NC1CCN(Cc2ccccn2)CC1. The highest BCUT2D eigenvalue weighted by molar-refractivity contribution is 5.81. The highest BCUT2D eigenvalue weighted by atomic mass is 15.2. The minimum atomic E-state index is 0.370. The smallest absolute Gasteiger partial charge is 0.204 e. The zero-order chi connectivity index (χ0) is 14.2. The summed E-state index contributed by atoms with van der Waals surface area (Å²) in [7, 11) is 1.67. The molecule has 0 unspecified atom stereocenters. The molecular weight excluding hydrogens is 252 g/mol. The second kappa shape index (κ2) is 7.46. The fourth-order valence-electron chi connectivity index (χ4n) is 2.36. The summed E-state index contributed by atoms with van der Waals surface area (Å²) in [5.41, 5.74) is 1.11. The first-order chi connectivity index (χ1) is 9.81. The number of rotatable bonds is 3. The number of guanidine groups is 1. The number of aliphatic imine (C=N–C) groups is 1. The topological polar surface area (TPSA) is 76.3 Å². The van der Waals surface area contributed by atoms with E-state index in [9.17, 15) is 0 Å². The molecule has 1 aliphatic rings. The van der Waals surface area contributed by atoms with Crippen LogP contribution in [0.5, 0.6) is 0 Å². The molecule has 0 atom stereocenters. The summed E-state index contributed by atoms with van der Waals surface area (Å²) in [5, 5.41) is 14.4. The van der Waals surface area contributed by atoms with Crippen molar-refractivity contribution in [2.45, 2.75) is 25.4 Å². The van der Waals surface area contributed by atoms with Crippen molar-refractivity contribution >= 4 is 5.96 Å². The van der Waals surface area contributed by atoms with Gasteiger partial charge < -0.3 is 5.32 Å². The Morgan fingerprint density at radius 2 is 2.30 bits per heavy atom. The number of pyridine rings is 1. The number of hydrogen-bond donors (Lipinski definition) is 2. The van der Waals surface area contributed by atoms with E-state index in [2.05, 4.69) is 31.6 Å². The van der Waals surface area contributed by atoms with Gasteiger partial charge in [0.15, 0.2) is 6.19 Å². The summed E-state index contributed by atoms with van der Waals surface area (Å²) in [6.45, 7) is 2.95. The van der Waals surface area contributed by atoms with Crippen LogP contribution in [0.15, 0.2) is 29.4 Å². The van der Waals surface area contributed by atoms with Crippen LogP contribution in [-0.4, -0.2) is 42.0 Å². The zero-order valence-corrected chi connectivity index (χ0v) is 11.7. The maximum Gasteiger partial charge on any atom is 0.204 e. The van der Waals surface area contributed by atoms with E-state index in [1.54, 1.807) is 7.05 Å². The quantitative estimate of drug-likeness (QED) is 0.366. The Bertz CT molecular complexity index is 470. The number of nitrogens with one attached hydrogen (secondary N) is 2. The average molecular weight is 272 g/mol. The van der Waals surface area contributed by atoms with E-state index in [-0.39, 0.29) is 0 Å². The molecule has 1 aromatic rings. The minimum absolute atomic E-state index is 0.370. The van der Waals surface area contributed by atoms with Crippen LogP contribution in [0.25, 0.3) is 0 Å². The first-order valence-electron chi connectivity index (χ1n) is 6.82. The van der Waals surface area contributed by atoms with Gasteiger partial charge in [0.2, 0.25) is 5.96 Å². The average Bonchev–Trinajstić information content (AvgIpc) is 2.50. The summed E-state index contributed by atoms with van der Waals surface area (Å²) in [4.78, 5) is 10.8. The molecule has 0 radical (unpaired) electrons. The summed E-state index contributed by atoms with van der Waals surface area (Å²) in [6.07, 6.45) is 5.80. The number of likely N-dealkylation sites (tertiary alicyclic amines) is 1. The summed E-state index contributed by atoms with van der Waals surface area (Å²) < 4.78 is 0. The van der Waals surface area contributed by atoms with E-state index in [0.29, 0.717) is 12.0 Å². The lowest BCUT2D eigenvalue weighted by atomic mass is 10.1. The molecule has 0 saturated carbocycles. The molecule has 0 aliphatic carbocycles. The van der Waals surface area contributed by atoms with Gasteiger partial charge in [-0.05, 0) is 25.0 Å². The molecule has 0 bridgehead atoms. The van der Waals surface area contributed by atoms with Crippen molar-refractivity contribution in [2.75, 3.05) is 20.1 Å². The van der Waals surface area contributed by atoms with Gasteiger partial charge in [-0.3, -0.25) is 20.2 Å². The van der Waals surface area contributed by atoms with Crippen molar-refractivity contribution in [3.05, 3.63) is 30.1 Å². The van der Waals surface area contributed by atoms with Crippen LogP contribution in [0.1, 0.15) is 18.5 Å². The van der Waals surface area contributed by atoms with Gasteiger partial charge in [0.1, 0.15) is 0 Å². The third-order valence-corrected chi connectivity index (χ3v) is 3.44. The monoisotopic (exact) mass is 272 g/mol. The molecule has 1 saturated heterocycles. The summed E-state index contributed by atoms with van der Waals surface area (Å²) in [5.74, 6) is 0.552. The molecular formula is C14H20N6. The third kappa shape index (κ3) is 4.21. The van der Waals surface area contributed by atoms with Gasteiger partial charge in [0.25, 0.3) is 0 Å². The molecule has 2 N–H and O–H groups in total. The highest BCUT2D eigenvalue weighted by Crippen LogP contribution is 2.12. The van der Waals surface area contributed by atoms with Crippen molar-refractivity contribution in [3.63, 3.8) is 0 Å². The number of nitriles is 1. The summed E-state index contributed by atoms with van der Waals surface area (Å²) in [6, 6.07) is 6.39. The molecule has 1 aromatic heterocycles. The molecule has 1 fully saturated rings. The number of piperidine rings is 1. The Hall–Kier alpha value is -2.13. The van der Waals surface area contributed by atoms with Crippen LogP contribution >= 0.6 is 0 Å². The van der Waals surface area contributed by atoms with Crippen LogP contribution in [0.2, 0.25) is 0 Å². The van der Waals surface area contributed by atoms with E-state index < -0.39 is 0 Å². The van der Waals surface area contributed by atoms with Gasteiger partial charge in [-0.15, -0.1) is 0 Å². The third-order valence-electron chi connectivity index (χ3n) is 3.44. The molecule has 0 amide bonds. The van der Waals surface area contributed by atoms with Crippen molar-refractivity contribution in [3.8, 4) is 6.19 Å². The molecule has 6 nitrogen and oxygen atoms in total. The molecule has 106 valence electrons. The van der Waals surface area contributed by atoms with E-state index in [4.69, 9.17) is 5.26 Å². The number of hydrogen-bond acceptors (Lipinski definition) is 4. The number of nitrogens with zero attached hydrogens (tertiary/aromatic N) is 4. The Balaban J connectivity index is 1.77. The minimum Gasteiger partial charge on any atom is -0.353 e. The Morgan fingerprint density at radius 1 is 1.50 bits per heavy atom. The Morgan fingerprint density at radius 3 is 2.90 bits per heavy atom. The van der Waals surface area contributed by atoms with E-state index >= 15 is 0 Å². The zero-order valence-electron chi connectivity index (χ0n) is 11.7. The van der Waals surface area contributed by atoms with Crippen LogP contribution in [0, 0.1) is 11.5 Å². The van der Waals surface area contributed by atoms with Gasteiger partial charge in [0, 0.05) is 38.9 Å². The van der Waals surface area contributed by atoms with Crippen molar-refractivity contribution in [2.24, 2.45) is 4.99 Å². The van der Waals surface area contributed by atoms with Gasteiger partial charge >= 0.3 is 0 Å². The van der Waals surface area contributed by atoms with Gasteiger partial charge in [0.05, 0.1) is 5.69 Å². The van der Waals surface area contributed by atoms with E-state index in [1.807, 2.05) is 24.5 Å². The van der Waals surface area contributed by atoms with Crippen LogP contribution in [-0.2, 0) is 6.54 Å². The lowest BCUT2D eigenvalue weighted by Gasteiger charge is -2.32. The second-order valence-corrected chi connectivity index (χ2v) is 4.82. The molecule has 2 heterocycles. The second-order valence-electron chi connectivity index (χ2n) is 4.82. The maximum atomic E-state index is 8.61. The van der Waals surface area contributed by atoms with Crippen LogP contribution in [0.4, 0.5) is 0 Å². The largest absolute Gasteiger partial charge is 0.353 e. The Kier molecular flexibility index (Phi) is 5.33. The van der Waals surface area contributed by atoms with Crippen molar-refractivity contribution < 1.29 is 0 Å². The molecule has 1 aliphatic heterocycles. The number of aromatic nitrogens is 1. The first-order valence-corrected chi connectivity index (χ1v) is 6.82. The normalized spacial score (nSPS) is 17.5. The predicted molar refractivity (Wildman–Crippen MR) is 77.8 cm³/mol. The van der Waals surface area contributed by atoms with E-state index in [0.717, 1.165) is 38.2 Å². The highest BCUT2D eigenvalue weighted by Gasteiger charge is 2.20.